The number of nitro benzene ring substituents is 1. The van der Waals surface area contributed by atoms with Crippen LogP contribution in [0.4, 0.5) is 5.69 Å². The van der Waals surface area contributed by atoms with Gasteiger partial charge in [-0.25, -0.2) is 0 Å². The minimum absolute atomic E-state index is 0.0472. The van der Waals surface area contributed by atoms with Gasteiger partial charge in [0.1, 0.15) is 5.75 Å². The molecule has 1 aromatic rings. The molecule has 0 radical (unpaired) electrons. The molecule has 2 N–H and O–H groups in total. The molecule has 0 aliphatic heterocycles. The van der Waals surface area contributed by atoms with Crippen molar-refractivity contribution in [1.29, 1.82) is 0 Å². The van der Waals surface area contributed by atoms with Gasteiger partial charge in [-0.05, 0) is 19.9 Å². The summed E-state index contributed by atoms with van der Waals surface area (Å²) in [6.45, 7) is -0.670. The number of nitro groups is 1. The summed E-state index contributed by atoms with van der Waals surface area (Å²) in [5.74, 6) is 0.149. The Labute approximate surface area is 96.9 Å². The molecule has 8 heteroatoms. The first-order chi connectivity index (χ1) is 7.22. The van der Waals surface area contributed by atoms with Crippen molar-refractivity contribution in [2.75, 3.05) is 0 Å². The van der Waals surface area contributed by atoms with Crippen molar-refractivity contribution in [3.05, 3.63) is 33.4 Å². The maximum atomic E-state index is 10.6. The average Bonchev–Trinajstić information content (AvgIpc) is 2.10. The van der Waals surface area contributed by atoms with Crippen LogP contribution in [0.5, 0.6) is 5.75 Å². The second-order valence-electron chi connectivity index (χ2n) is 3.17. The molecule has 0 bridgehead atoms. The van der Waals surface area contributed by atoms with Gasteiger partial charge in [-0.2, -0.15) is 0 Å². The Kier molecular flexibility index (Phi) is 3.64. The van der Waals surface area contributed by atoms with Crippen LogP contribution in [0, 0.1) is 24.0 Å². The molecular formula is C8H10NO5PS. The van der Waals surface area contributed by atoms with Crippen molar-refractivity contribution < 1.29 is 19.2 Å². The Hall–Kier alpha value is -1.01. The minimum Gasteiger partial charge on any atom is -0.424 e. The lowest BCUT2D eigenvalue weighted by atomic mass is 10.1. The highest BCUT2D eigenvalue weighted by Gasteiger charge is 2.18. The van der Waals surface area contributed by atoms with Crippen LogP contribution < -0.4 is 4.52 Å². The van der Waals surface area contributed by atoms with E-state index < -0.39 is 11.6 Å². The van der Waals surface area contributed by atoms with Crippen LogP contribution in [0.3, 0.4) is 0 Å². The summed E-state index contributed by atoms with van der Waals surface area (Å²) in [6.07, 6.45) is 0. The van der Waals surface area contributed by atoms with E-state index in [4.69, 9.17) is 14.3 Å². The highest BCUT2D eigenvalue weighted by molar-refractivity contribution is 8.06. The smallest absolute Gasteiger partial charge is 0.375 e. The van der Waals surface area contributed by atoms with Crippen LogP contribution in [-0.4, -0.2) is 14.7 Å². The monoisotopic (exact) mass is 263 g/mol. The van der Waals surface area contributed by atoms with Gasteiger partial charge in [-0.3, -0.25) is 10.1 Å². The normalized spacial score (nSPS) is 11.2. The number of nitrogens with zero attached hydrogens (tertiary/aromatic N) is 1. The molecule has 0 aliphatic rings. The van der Waals surface area contributed by atoms with E-state index in [2.05, 4.69) is 11.8 Å². The van der Waals surface area contributed by atoms with Crippen molar-refractivity contribution in [2.45, 2.75) is 13.8 Å². The zero-order valence-electron chi connectivity index (χ0n) is 8.58. The van der Waals surface area contributed by atoms with E-state index in [9.17, 15) is 10.1 Å². The summed E-state index contributed by atoms with van der Waals surface area (Å²) in [4.78, 5) is 28.1. The predicted octanol–water partition coefficient (Wildman–Crippen LogP) is 1.80. The largest absolute Gasteiger partial charge is 0.424 e. The third-order valence-electron chi connectivity index (χ3n) is 2.12. The molecule has 1 aromatic carbocycles. The van der Waals surface area contributed by atoms with Crippen LogP contribution >= 0.6 is 6.72 Å². The van der Waals surface area contributed by atoms with Crippen molar-refractivity contribution in [3.63, 3.8) is 0 Å². The molecular weight excluding hydrogens is 253 g/mol. The summed E-state index contributed by atoms with van der Waals surface area (Å²) in [5.41, 5.74) is 0.825. The molecule has 0 heterocycles. The lowest BCUT2D eigenvalue weighted by molar-refractivity contribution is -0.385. The predicted molar refractivity (Wildman–Crippen MR) is 61.9 cm³/mol. The lowest BCUT2D eigenvalue weighted by Gasteiger charge is -2.13. The summed E-state index contributed by atoms with van der Waals surface area (Å²) in [6, 6.07) is 2.54. The standard InChI is InChI=1S/C8H10NO5PS/c1-5-6(2)8(14-15(12,13)16)4-3-7(5)9(10)11/h3-4H,1-2H3,(H2,12,13,16). The number of benzene rings is 1. The van der Waals surface area contributed by atoms with E-state index in [1.54, 1.807) is 13.8 Å². The summed E-state index contributed by atoms with van der Waals surface area (Å²) >= 11 is 4.32. The Balaban J connectivity index is 3.22. The highest BCUT2D eigenvalue weighted by Crippen LogP contribution is 2.41. The lowest BCUT2D eigenvalue weighted by Crippen LogP contribution is -1.98. The van der Waals surface area contributed by atoms with Crippen LogP contribution in [0.2, 0.25) is 0 Å². The van der Waals surface area contributed by atoms with Gasteiger partial charge in [0, 0.05) is 29.0 Å². The number of hydrogen-bond donors (Lipinski definition) is 2. The fraction of sp³-hybridized carbons (Fsp3) is 0.250. The molecule has 0 spiro atoms. The molecule has 1 rings (SSSR count). The average molecular weight is 263 g/mol. The third kappa shape index (κ3) is 2.99. The van der Waals surface area contributed by atoms with Crippen molar-refractivity contribution in [1.82, 2.24) is 0 Å². The van der Waals surface area contributed by atoms with Gasteiger partial charge in [-0.1, -0.05) is 0 Å². The van der Waals surface area contributed by atoms with E-state index in [1.165, 1.54) is 12.1 Å². The topological polar surface area (TPSA) is 92.8 Å². The van der Waals surface area contributed by atoms with Gasteiger partial charge >= 0.3 is 6.72 Å². The summed E-state index contributed by atoms with van der Waals surface area (Å²) in [5, 5.41) is 10.6. The van der Waals surface area contributed by atoms with E-state index in [1.807, 2.05) is 0 Å². The van der Waals surface area contributed by atoms with Gasteiger partial charge in [0.25, 0.3) is 5.69 Å². The first-order valence-electron chi connectivity index (χ1n) is 4.22. The Morgan fingerprint density at radius 3 is 2.38 bits per heavy atom. The van der Waals surface area contributed by atoms with Crippen LogP contribution in [0.1, 0.15) is 11.1 Å². The molecule has 6 nitrogen and oxygen atoms in total. The molecule has 0 atom stereocenters. The second-order valence-corrected chi connectivity index (χ2v) is 5.76. The molecule has 0 fully saturated rings. The van der Waals surface area contributed by atoms with E-state index >= 15 is 0 Å². The van der Waals surface area contributed by atoms with Gasteiger partial charge in [-0.15, -0.1) is 0 Å². The SMILES string of the molecule is Cc1c(OP(O)(O)=S)ccc([N+](=O)[O-])c1C. The number of hydrogen-bond acceptors (Lipinski definition) is 4. The maximum absolute atomic E-state index is 10.6. The maximum Gasteiger partial charge on any atom is 0.375 e. The van der Waals surface area contributed by atoms with Gasteiger partial charge in [0.2, 0.25) is 0 Å². The van der Waals surface area contributed by atoms with Crippen LogP contribution in [-0.2, 0) is 11.8 Å². The Morgan fingerprint density at radius 1 is 1.38 bits per heavy atom. The molecule has 0 unspecified atom stereocenters. The van der Waals surface area contributed by atoms with Gasteiger partial charge in [0.05, 0.1) is 4.92 Å². The summed E-state index contributed by atoms with van der Waals surface area (Å²) < 4.78 is 4.76. The molecule has 88 valence electrons. The number of rotatable bonds is 3. The van der Waals surface area contributed by atoms with Crippen molar-refractivity contribution >= 4 is 24.2 Å². The molecule has 0 amide bonds. The van der Waals surface area contributed by atoms with Gasteiger partial charge < -0.3 is 14.3 Å². The molecule has 0 aromatic heterocycles. The molecule has 0 saturated carbocycles. The first-order valence-corrected chi connectivity index (χ1v) is 6.84. The van der Waals surface area contributed by atoms with E-state index in [0.29, 0.717) is 11.1 Å². The highest BCUT2D eigenvalue weighted by atomic mass is 32.5. The quantitative estimate of drug-likeness (QED) is 0.490. The summed E-state index contributed by atoms with van der Waals surface area (Å²) in [7, 11) is 0. The van der Waals surface area contributed by atoms with Gasteiger partial charge in [0.15, 0.2) is 0 Å². The molecule has 16 heavy (non-hydrogen) atoms. The molecule has 0 aliphatic carbocycles. The van der Waals surface area contributed by atoms with Crippen molar-refractivity contribution in [3.8, 4) is 5.75 Å². The zero-order chi connectivity index (χ0) is 12.5. The Bertz CT molecular complexity index is 484. The molecule has 0 saturated heterocycles. The van der Waals surface area contributed by atoms with E-state index in [0.717, 1.165) is 0 Å². The van der Waals surface area contributed by atoms with Crippen LogP contribution in [0.25, 0.3) is 0 Å². The van der Waals surface area contributed by atoms with Crippen molar-refractivity contribution in [2.24, 2.45) is 0 Å². The Morgan fingerprint density at radius 2 is 1.94 bits per heavy atom. The third-order valence-corrected chi connectivity index (χ3v) is 2.78. The second kappa shape index (κ2) is 4.47. The zero-order valence-corrected chi connectivity index (χ0v) is 10.3. The first kappa shape index (κ1) is 13.1. The van der Waals surface area contributed by atoms with E-state index in [-0.39, 0.29) is 11.4 Å². The van der Waals surface area contributed by atoms with Crippen LogP contribution in [0.15, 0.2) is 12.1 Å². The minimum atomic E-state index is -3.81. The fourth-order valence-corrected chi connectivity index (χ4v) is 1.90. The fourth-order valence-electron chi connectivity index (χ4n) is 1.21.